The lowest BCUT2D eigenvalue weighted by Crippen LogP contribution is -2.43. The normalized spacial score (nSPS) is 19.5. The fourth-order valence-electron chi connectivity index (χ4n) is 19.7. The van der Waals surface area contributed by atoms with Crippen LogP contribution in [0, 0.1) is 176 Å². The molecular formula is C96H108Cl2N20O6. The number of benzene rings is 5. The molecule has 1 amide bonds. The summed E-state index contributed by atoms with van der Waals surface area (Å²) >= 11 is 12.6. The number of nitrogens with zero attached hydrogens (tertiary/aromatic N) is 10. The molecule has 26 nitrogen and oxygen atoms in total. The van der Waals surface area contributed by atoms with Crippen molar-refractivity contribution in [2.24, 2.45) is 46.8 Å². The zero-order valence-corrected chi connectivity index (χ0v) is 76.5. The summed E-state index contributed by atoms with van der Waals surface area (Å²) in [4.78, 5) is 11.8. The van der Waals surface area contributed by atoms with E-state index in [4.69, 9.17) is 64.1 Å². The third-order valence-corrected chi connectivity index (χ3v) is 24.6. The monoisotopic (exact) mass is 1710 g/mol. The molecule has 10 aromatic rings. The highest BCUT2D eigenvalue weighted by atomic mass is 35.5. The van der Waals surface area contributed by atoms with Gasteiger partial charge in [-0.2, -0.15) is 26.3 Å². The van der Waals surface area contributed by atoms with Gasteiger partial charge in [0, 0.05) is 52.5 Å². The molecule has 5 aromatic carbocycles. The molecule has 0 spiro atoms. The van der Waals surface area contributed by atoms with Crippen LogP contribution in [0.1, 0.15) is 205 Å². The zero-order chi connectivity index (χ0) is 91.2. The zero-order valence-electron chi connectivity index (χ0n) is 75.0. The van der Waals surface area contributed by atoms with E-state index < -0.39 is 27.1 Å². The predicted octanol–water partition coefficient (Wildman–Crippen LogP) is 17.9. The van der Waals surface area contributed by atoms with Gasteiger partial charge in [0.15, 0.2) is 0 Å². The maximum Gasteiger partial charge on any atom is 0.244 e. The number of hydrogen-bond donors (Lipinski definition) is 10. The van der Waals surface area contributed by atoms with Crippen molar-refractivity contribution in [2.45, 2.75) is 193 Å². The maximum absolute atomic E-state index is 11.8. The molecule has 5 atom stereocenters. The minimum absolute atomic E-state index is 0.0102. The Bertz CT molecular complexity index is 5860. The van der Waals surface area contributed by atoms with Gasteiger partial charge in [-0.3, -0.25) is 35.6 Å². The van der Waals surface area contributed by atoms with Crippen molar-refractivity contribution in [3.63, 3.8) is 0 Å². The lowest BCUT2D eigenvalue weighted by atomic mass is 9.61. The van der Waals surface area contributed by atoms with E-state index in [1.54, 1.807) is 7.05 Å². The second-order valence-corrected chi connectivity index (χ2v) is 35.1. The lowest BCUT2D eigenvalue weighted by Gasteiger charge is -2.41. The molecule has 5 aliphatic heterocycles. The van der Waals surface area contributed by atoms with E-state index in [0.717, 1.165) is 117 Å². The average molecular weight is 1710 g/mol. The van der Waals surface area contributed by atoms with Gasteiger partial charge in [-0.15, -0.1) is 25.5 Å². The number of allylic oxidation sites excluding steroid dienone is 5. The quantitative estimate of drug-likeness (QED) is 0.0543. The minimum atomic E-state index is -0.784. The second-order valence-electron chi connectivity index (χ2n) is 34.2. The van der Waals surface area contributed by atoms with E-state index >= 15 is 0 Å². The number of ether oxygens (including phenoxy) is 5. The van der Waals surface area contributed by atoms with E-state index in [1.165, 1.54) is 18.1 Å². The number of halogens is 2. The number of carbonyl (C=O) groups is 1. The first-order valence-corrected chi connectivity index (χ1v) is 41.7. The molecule has 0 aliphatic carbocycles. The highest BCUT2D eigenvalue weighted by molar-refractivity contribution is 6.31. The smallest absolute Gasteiger partial charge is 0.244 e. The molecule has 0 radical (unpaired) electrons. The van der Waals surface area contributed by atoms with Crippen LogP contribution < -0.4 is 51.5 Å². The third kappa shape index (κ3) is 15.2. The highest BCUT2D eigenvalue weighted by Gasteiger charge is 2.57. The Balaban J connectivity index is 0.000000151. The molecule has 10 heterocycles. The highest BCUT2D eigenvalue weighted by Crippen LogP contribution is 2.59. The van der Waals surface area contributed by atoms with E-state index in [1.807, 2.05) is 98.7 Å². The van der Waals surface area contributed by atoms with Crippen molar-refractivity contribution in [2.75, 3.05) is 7.05 Å². The summed E-state index contributed by atoms with van der Waals surface area (Å²) in [6, 6.07) is 42.4. The molecule has 13 N–H and O–H groups in total. The number of aryl methyl sites for hydroxylation is 13. The summed E-state index contributed by atoms with van der Waals surface area (Å²) in [5.74, 6) is 3.12. The van der Waals surface area contributed by atoms with Crippen molar-refractivity contribution < 1.29 is 28.5 Å². The Morgan fingerprint density at radius 2 is 0.540 bits per heavy atom. The molecule has 5 aliphatic rings. The van der Waals surface area contributed by atoms with Gasteiger partial charge in [-0.1, -0.05) is 193 Å². The van der Waals surface area contributed by atoms with Gasteiger partial charge in [0.2, 0.25) is 64.7 Å². The van der Waals surface area contributed by atoms with Crippen molar-refractivity contribution in [3.05, 3.63) is 287 Å². The summed E-state index contributed by atoms with van der Waals surface area (Å²) in [7, 11) is 1.77. The van der Waals surface area contributed by atoms with Gasteiger partial charge in [-0.05, 0) is 183 Å². The summed E-state index contributed by atoms with van der Waals surface area (Å²) in [6.07, 6.45) is 0. The molecule has 0 saturated carbocycles. The first-order valence-electron chi connectivity index (χ1n) is 41.0. The van der Waals surface area contributed by atoms with Crippen LogP contribution >= 0.6 is 23.2 Å². The van der Waals surface area contributed by atoms with E-state index in [-0.39, 0.29) is 59.0 Å². The summed E-state index contributed by atoms with van der Waals surface area (Å²) in [5, 5.41) is 93.1. The predicted molar refractivity (Wildman–Crippen MR) is 477 cm³/mol. The number of hydrogen-bond acceptors (Lipinski definition) is 20. The fourth-order valence-corrected chi connectivity index (χ4v) is 20.3. The number of aromatic nitrogens is 10. The van der Waals surface area contributed by atoms with Gasteiger partial charge in [0.1, 0.15) is 58.2 Å². The van der Waals surface area contributed by atoms with Crippen LogP contribution in [0.15, 0.2) is 148 Å². The summed E-state index contributed by atoms with van der Waals surface area (Å²) in [5.41, 5.74) is 39.4. The standard InChI is InChI=1S/C21H24N4O2.C20H24N4O.C19H22N4O.2C18H19ClN4O/c1-11(2)21(16-8-12(3)7-13(4)9-16)17(10-22)19(23-15(6)26)27-20-18(21)14(5)24-25-20;1-11(2)20(15-8-12(3)7-13(4)9-15)16(10-21)18(22-6)25-19-17(20)14(5)23-24-19;1-10(2)19(14-7-11(3)6-12(4)8-14)15(9-20)17(21)24-18-16(19)13(5)22-23-18;2*1-9(2)18(12-5-10(3)6-13(19)7-12)14(8-20)16(21)24-17-15(18)11(4)22-23-17/h7-9,11H,1-6H3,(H,23,26)(H,24,25);7-9,11,22H,1-6H3,(H,23,24);6-8,10H,21H2,1-5H3,(H,22,23);2*5-7,9H,21H2,1-4H3,(H,22,23). The first-order chi connectivity index (χ1) is 58.5. The van der Waals surface area contributed by atoms with Crippen LogP contribution in [-0.2, 0) is 31.9 Å². The molecular weight excluding hydrogens is 1600 g/mol. The van der Waals surface area contributed by atoms with Crippen molar-refractivity contribution in [3.8, 4) is 59.7 Å². The SMILES string of the molecule is CC(=O)NC1=C(C#N)C(c2cc(C)cc(C)c2)(C(C)C)c2c(n[nH]c2C)O1.CNC1=C(C#N)C(c2cc(C)cc(C)c2)(C(C)C)c2c(n[nH]c2C)O1.Cc1cc(C)cc(C2(C(C)C)C(C#N)=C(N)Oc3n[nH]c(C)c32)c1.Cc1cc(Cl)cc(C2(C(C)C)C(C#N)=C(N)Oc3n[nH]c(C)c32)c1.Cc1cc(Cl)cc(C2(C(C)C)C(C#N)=C(N)Oc3n[nH]c(C)c32)c1. The number of aromatic amines is 5. The number of rotatable bonds is 12. The lowest BCUT2D eigenvalue weighted by molar-refractivity contribution is -0.118. The van der Waals surface area contributed by atoms with Crippen LogP contribution in [0.5, 0.6) is 29.4 Å². The Hall–Kier alpha value is -13.5. The number of nitrogens with two attached hydrogens (primary N) is 3. The average Bonchev–Trinajstić information content (AvgIpc) is 1.43. The second kappa shape index (κ2) is 35.2. The maximum atomic E-state index is 11.8. The number of H-pyrrole nitrogens is 5. The Labute approximate surface area is 735 Å². The van der Waals surface area contributed by atoms with E-state index in [9.17, 15) is 31.1 Å². The molecule has 5 aromatic heterocycles. The number of amides is 1. The van der Waals surface area contributed by atoms with Gasteiger partial charge < -0.3 is 46.2 Å². The van der Waals surface area contributed by atoms with Gasteiger partial charge in [-0.25, -0.2) is 0 Å². The topological polar surface area (TPSA) is 428 Å². The van der Waals surface area contributed by atoms with Gasteiger partial charge >= 0.3 is 0 Å². The molecule has 0 fully saturated rings. The Kier molecular flexibility index (Phi) is 25.9. The molecule has 0 bridgehead atoms. The Morgan fingerprint density at radius 1 is 0.339 bits per heavy atom. The van der Waals surface area contributed by atoms with Crippen molar-refractivity contribution >= 4 is 29.1 Å². The van der Waals surface area contributed by atoms with Crippen molar-refractivity contribution in [1.29, 1.82) is 26.3 Å². The molecule has 124 heavy (non-hydrogen) atoms. The first kappa shape index (κ1) is 91.3. The van der Waals surface area contributed by atoms with Gasteiger partial charge in [0.05, 0.1) is 54.9 Å². The number of fused-ring (bicyclic) bond motifs is 5. The minimum Gasteiger partial charge on any atom is -0.420 e. The van der Waals surface area contributed by atoms with E-state index in [0.29, 0.717) is 73.2 Å². The third-order valence-electron chi connectivity index (χ3n) is 24.2. The van der Waals surface area contributed by atoms with Crippen LogP contribution in [0.2, 0.25) is 10.0 Å². The van der Waals surface area contributed by atoms with Crippen LogP contribution in [0.3, 0.4) is 0 Å². The summed E-state index contributed by atoms with van der Waals surface area (Å²) in [6.45, 7) is 48.3. The molecule has 0 saturated heterocycles. The van der Waals surface area contributed by atoms with E-state index in [2.05, 4.69) is 243 Å². The van der Waals surface area contributed by atoms with Crippen LogP contribution in [0.25, 0.3) is 0 Å². The molecule has 15 rings (SSSR count). The van der Waals surface area contributed by atoms with Crippen LogP contribution in [0.4, 0.5) is 0 Å². The van der Waals surface area contributed by atoms with Gasteiger partial charge in [0.25, 0.3) is 0 Å². The number of carbonyl (C=O) groups excluding carboxylic acids is 1. The fraction of sp³-hybridized carbons (Fsp3) is 0.365. The van der Waals surface area contributed by atoms with Crippen LogP contribution in [-0.4, -0.2) is 63.9 Å². The number of nitrogens with one attached hydrogen (secondary N) is 7. The number of nitriles is 5. The molecule has 642 valence electrons. The largest absolute Gasteiger partial charge is 0.420 e. The Morgan fingerprint density at radius 3 is 0.750 bits per heavy atom. The molecule has 28 heteroatoms. The summed E-state index contributed by atoms with van der Waals surface area (Å²) < 4.78 is 28.6. The molecule has 5 unspecified atom stereocenters. The van der Waals surface area contributed by atoms with Crippen molar-refractivity contribution in [1.82, 2.24) is 61.6 Å².